The van der Waals surface area contributed by atoms with Crippen molar-refractivity contribution in [3.8, 4) is 11.5 Å². The molecule has 3 atom stereocenters. The van der Waals surface area contributed by atoms with Crippen molar-refractivity contribution >= 4 is 16.9 Å². The maximum Gasteiger partial charge on any atom is 0.338 e. The van der Waals surface area contributed by atoms with Crippen LogP contribution in [0.2, 0.25) is 0 Å². The van der Waals surface area contributed by atoms with Crippen molar-refractivity contribution in [1.82, 2.24) is 0 Å². The number of hydrogen-bond donors (Lipinski definition) is 2. The van der Waals surface area contributed by atoms with Gasteiger partial charge in [-0.25, -0.2) is 4.79 Å². The molecular formula is C28H32O5. The number of esters is 1. The molecule has 0 saturated heterocycles. The van der Waals surface area contributed by atoms with Gasteiger partial charge in [0.1, 0.15) is 11.3 Å². The number of hydrogen-bond acceptors (Lipinski definition) is 5. The predicted octanol–water partition coefficient (Wildman–Crippen LogP) is 6.93. The highest BCUT2D eigenvalue weighted by molar-refractivity contribution is 5.91. The Morgan fingerprint density at radius 1 is 1.09 bits per heavy atom. The molecule has 174 valence electrons. The predicted molar refractivity (Wildman–Crippen MR) is 127 cm³/mol. The number of fused-ring (bicyclic) bond motifs is 5. The first kappa shape index (κ1) is 21.9. The fraction of sp³-hybridized carbons (Fsp3) is 0.464. The number of phenolic OH excluding ortho intramolecular Hbond substituents is 2. The summed E-state index contributed by atoms with van der Waals surface area (Å²) in [5.41, 5.74) is 2.53. The van der Waals surface area contributed by atoms with Gasteiger partial charge in [-0.3, -0.25) is 0 Å². The van der Waals surface area contributed by atoms with Gasteiger partial charge in [-0.05, 0) is 62.1 Å². The molecule has 1 fully saturated rings. The van der Waals surface area contributed by atoms with Crippen molar-refractivity contribution in [1.29, 1.82) is 0 Å². The zero-order valence-corrected chi connectivity index (χ0v) is 19.8. The number of benzene rings is 2. The monoisotopic (exact) mass is 448 g/mol. The van der Waals surface area contributed by atoms with Gasteiger partial charge in [0, 0.05) is 21.9 Å². The van der Waals surface area contributed by atoms with Gasteiger partial charge >= 0.3 is 5.97 Å². The minimum atomic E-state index is -0.526. The fourth-order valence-corrected chi connectivity index (χ4v) is 6.66. The lowest BCUT2D eigenvalue weighted by Gasteiger charge is -2.50. The third-order valence-electron chi connectivity index (χ3n) is 8.26. The van der Waals surface area contributed by atoms with E-state index in [2.05, 4.69) is 20.8 Å². The molecule has 0 radical (unpaired) electrons. The first-order chi connectivity index (χ1) is 15.6. The Labute approximate surface area is 194 Å². The third-order valence-corrected chi connectivity index (χ3v) is 8.26. The average molecular weight is 449 g/mol. The number of carbonyl (C=O) groups excluding carboxylic acids is 1. The van der Waals surface area contributed by atoms with Gasteiger partial charge in [-0.2, -0.15) is 0 Å². The molecule has 1 aromatic heterocycles. The smallest absolute Gasteiger partial charge is 0.338 e. The molecule has 3 aromatic rings. The SMILES string of the molecule is Cc1c(O)c(O)cc2c3c(oc12)C(OC(=O)c1ccccc1)CC[C@@H]1C(C)(C)CCC[C@@]31C. The molecule has 5 nitrogen and oxygen atoms in total. The highest BCUT2D eigenvalue weighted by atomic mass is 16.6. The number of aryl methyl sites for hydroxylation is 1. The highest BCUT2D eigenvalue weighted by Gasteiger charge is 2.52. The van der Waals surface area contributed by atoms with E-state index in [0.29, 0.717) is 34.8 Å². The Balaban J connectivity index is 1.71. The molecule has 2 N–H and O–H groups in total. The maximum atomic E-state index is 13.0. The molecule has 0 spiro atoms. The van der Waals surface area contributed by atoms with E-state index in [9.17, 15) is 15.0 Å². The van der Waals surface area contributed by atoms with Gasteiger partial charge in [0.2, 0.25) is 0 Å². The van der Waals surface area contributed by atoms with E-state index < -0.39 is 6.10 Å². The van der Waals surface area contributed by atoms with E-state index >= 15 is 0 Å². The summed E-state index contributed by atoms with van der Waals surface area (Å²) in [6.45, 7) is 8.71. The maximum absolute atomic E-state index is 13.0. The van der Waals surface area contributed by atoms with Gasteiger partial charge in [0.05, 0.1) is 5.56 Å². The van der Waals surface area contributed by atoms with E-state index in [4.69, 9.17) is 9.15 Å². The summed E-state index contributed by atoms with van der Waals surface area (Å²) >= 11 is 0. The molecule has 1 unspecified atom stereocenters. The molecule has 0 amide bonds. The number of carbonyl (C=O) groups is 1. The molecule has 2 aliphatic rings. The van der Waals surface area contributed by atoms with Gasteiger partial charge < -0.3 is 19.4 Å². The molecular weight excluding hydrogens is 416 g/mol. The Morgan fingerprint density at radius 3 is 2.55 bits per heavy atom. The second kappa shape index (κ2) is 7.54. The van der Waals surface area contributed by atoms with Crippen LogP contribution >= 0.6 is 0 Å². The molecule has 0 aliphatic heterocycles. The van der Waals surface area contributed by atoms with E-state index in [-0.39, 0.29) is 28.3 Å². The largest absolute Gasteiger partial charge is 0.504 e. The summed E-state index contributed by atoms with van der Waals surface area (Å²) in [6, 6.07) is 10.6. The Hall–Kier alpha value is -2.95. The van der Waals surface area contributed by atoms with Crippen LogP contribution in [0.25, 0.3) is 11.0 Å². The molecule has 2 aliphatic carbocycles. The third kappa shape index (κ3) is 3.32. The minimum Gasteiger partial charge on any atom is -0.504 e. The molecule has 1 heterocycles. The highest BCUT2D eigenvalue weighted by Crippen LogP contribution is 2.60. The zero-order chi connectivity index (χ0) is 23.5. The van der Waals surface area contributed by atoms with Crippen LogP contribution in [0.15, 0.2) is 40.8 Å². The second-order valence-electron chi connectivity index (χ2n) is 10.7. The molecule has 33 heavy (non-hydrogen) atoms. The van der Waals surface area contributed by atoms with Crippen LogP contribution in [0.5, 0.6) is 11.5 Å². The Morgan fingerprint density at radius 2 is 1.82 bits per heavy atom. The number of aromatic hydroxyl groups is 2. The summed E-state index contributed by atoms with van der Waals surface area (Å²) in [5, 5.41) is 21.6. The van der Waals surface area contributed by atoms with Crippen LogP contribution in [-0.4, -0.2) is 16.2 Å². The summed E-state index contributed by atoms with van der Waals surface area (Å²) in [5.74, 6) is 0.333. The number of rotatable bonds is 2. The van der Waals surface area contributed by atoms with Crippen LogP contribution in [0, 0.1) is 18.3 Å². The quantitative estimate of drug-likeness (QED) is 0.328. The Bertz CT molecular complexity index is 1220. The molecule has 1 saturated carbocycles. The first-order valence-electron chi connectivity index (χ1n) is 11.9. The van der Waals surface area contributed by atoms with Crippen molar-refractivity contribution < 1.29 is 24.2 Å². The lowest BCUT2D eigenvalue weighted by Crippen LogP contribution is -2.44. The molecule has 5 heteroatoms. The van der Waals surface area contributed by atoms with Gasteiger partial charge in [-0.15, -0.1) is 0 Å². The van der Waals surface area contributed by atoms with Gasteiger partial charge in [0.25, 0.3) is 0 Å². The summed E-state index contributed by atoms with van der Waals surface area (Å²) in [6.07, 6.45) is 4.32. The van der Waals surface area contributed by atoms with Crippen molar-refractivity contribution in [2.24, 2.45) is 11.3 Å². The van der Waals surface area contributed by atoms with Crippen LogP contribution < -0.4 is 0 Å². The van der Waals surface area contributed by atoms with Gasteiger partial charge in [0.15, 0.2) is 17.6 Å². The van der Waals surface area contributed by atoms with E-state index in [0.717, 1.165) is 36.6 Å². The second-order valence-corrected chi connectivity index (χ2v) is 10.7. The summed E-state index contributed by atoms with van der Waals surface area (Å²) < 4.78 is 12.5. The number of furan rings is 1. The first-order valence-corrected chi connectivity index (χ1v) is 11.9. The lowest BCUT2D eigenvalue weighted by molar-refractivity contribution is 0.0164. The van der Waals surface area contributed by atoms with Crippen LogP contribution in [0.3, 0.4) is 0 Å². The lowest BCUT2D eigenvalue weighted by atomic mass is 9.53. The molecule has 0 bridgehead atoms. The average Bonchev–Trinajstić information content (AvgIpc) is 3.11. The van der Waals surface area contributed by atoms with Crippen LogP contribution in [0.4, 0.5) is 0 Å². The van der Waals surface area contributed by atoms with Crippen molar-refractivity contribution in [2.75, 3.05) is 0 Å². The van der Waals surface area contributed by atoms with Crippen LogP contribution in [0.1, 0.15) is 86.2 Å². The van der Waals surface area contributed by atoms with Crippen LogP contribution in [-0.2, 0) is 10.2 Å². The van der Waals surface area contributed by atoms with E-state index in [1.54, 1.807) is 25.1 Å². The van der Waals surface area contributed by atoms with E-state index in [1.165, 1.54) is 0 Å². The molecule has 5 rings (SSSR count). The minimum absolute atomic E-state index is 0.125. The van der Waals surface area contributed by atoms with Crippen molar-refractivity contribution in [3.05, 3.63) is 58.8 Å². The Kier molecular flexibility index (Phi) is 5.00. The zero-order valence-electron chi connectivity index (χ0n) is 19.8. The number of phenols is 2. The standard InChI is InChI=1S/C28H32O5/c1-16-23(30)19(29)15-18-22-25(33-24(16)18)20(32-26(31)17-9-6-5-7-10-17)11-12-21-27(2,3)13-8-14-28(21,22)4/h5-7,9-10,15,20-21,29-30H,8,11-14H2,1-4H3/t20?,21-,28-/m1/s1. The van der Waals surface area contributed by atoms with Crippen molar-refractivity contribution in [2.45, 2.75) is 71.3 Å². The fourth-order valence-electron chi connectivity index (χ4n) is 6.66. The van der Waals surface area contributed by atoms with E-state index in [1.807, 2.05) is 18.2 Å². The summed E-state index contributed by atoms with van der Waals surface area (Å²) in [7, 11) is 0. The number of ether oxygens (including phenoxy) is 1. The normalized spacial score (nSPS) is 26.3. The van der Waals surface area contributed by atoms with Gasteiger partial charge in [-0.1, -0.05) is 45.4 Å². The topological polar surface area (TPSA) is 79.9 Å². The van der Waals surface area contributed by atoms with Crippen molar-refractivity contribution in [3.63, 3.8) is 0 Å². The summed E-state index contributed by atoms with van der Waals surface area (Å²) in [4.78, 5) is 13.0. The molecule has 2 aromatic carbocycles.